The lowest BCUT2D eigenvalue weighted by Crippen LogP contribution is -2.48. The molecule has 0 spiro atoms. The van der Waals surface area contributed by atoms with Crippen molar-refractivity contribution in [2.45, 2.75) is 32.2 Å². The van der Waals surface area contributed by atoms with Crippen LogP contribution in [0, 0.1) is 0 Å². The molecule has 0 bridgehead atoms. The van der Waals surface area contributed by atoms with Gasteiger partial charge in [-0.3, -0.25) is 9.59 Å². The zero-order valence-corrected chi connectivity index (χ0v) is 13.6. The van der Waals surface area contributed by atoms with Gasteiger partial charge in [0.25, 0.3) is 0 Å². The Hall–Kier alpha value is -2.14. The number of benzene rings is 1. The Labute approximate surface area is 137 Å². The molecule has 1 aliphatic heterocycles. The van der Waals surface area contributed by atoms with Crippen LogP contribution in [0.5, 0.6) is 0 Å². The number of hydrogen-bond acceptors (Lipinski definition) is 3. The van der Waals surface area contributed by atoms with E-state index in [1.807, 2.05) is 29.2 Å². The molecule has 5 heteroatoms. The molecule has 2 amide bonds. The van der Waals surface area contributed by atoms with Crippen molar-refractivity contribution in [3.8, 4) is 0 Å². The van der Waals surface area contributed by atoms with E-state index in [4.69, 9.17) is 4.74 Å². The minimum atomic E-state index is -0.231. The van der Waals surface area contributed by atoms with Gasteiger partial charge in [-0.25, -0.2) is 0 Å². The summed E-state index contributed by atoms with van der Waals surface area (Å²) in [5.74, 6) is -0.0463. The van der Waals surface area contributed by atoms with Gasteiger partial charge in [0, 0.05) is 18.7 Å². The van der Waals surface area contributed by atoms with E-state index in [0.29, 0.717) is 32.6 Å². The standard InChI is InChI=1S/C18H24N2O3/c1-3-16-13-23-12-11-20(16)18(22)10-7-14-5-8-15(9-6-14)19-17(21)4-2/h4-6,8-9,16H,2-3,7,10-13H2,1H3,(H,19,21)/t16-/m1/s1. The summed E-state index contributed by atoms with van der Waals surface area (Å²) in [5, 5.41) is 2.70. The number of anilines is 1. The molecule has 5 nitrogen and oxygen atoms in total. The summed E-state index contributed by atoms with van der Waals surface area (Å²) >= 11 is 0. The Balaban J connectivity index is 1.86. The minimum absolute atomic E-state index is 0.184. The molecule has 2 rings (SSSR count). The first kappa shape index (κ1) is 17.2. The normalized spacial score (nSPS) is 17.6. The Morgan fingerprint density at radius 2 is 2.13 bits per heavy atom. The van der Waals surface area contributed by atoms with Gasteiger partial charge in [0.05, 0.1) is 19.3 Å². The van der Waals surface area contributed by atoms with Crippen LogP contribution < -0.4 is 5.32 Å². The van der Waals surface area contributed by atoms with E-state index >= 15 is 0 Å². The van der Waals surface area contributed by atoms with Gasteiger partial charge in [0.15, 0.2) is 0 Å². The molecule has 1 aromatic carbocycles. The molecule has 0 aromatic heterocycles. The fourth-order valence-electron chi connectivity index (χ4n) is 2.66. The largest absolute Gasteiger partial charge is 0.377 e. The second-order valence-electron chi connectivity index (χ2n) is 5.61. The monoisotopic (exact) mass is 316 g/mol. The average Bonchev–Trinajstić information content (AvgIpc) is 2.60. The minimum Gasteiger partial charge on any atom is -0.377 e. The van der Waals surface area contributed by atoms with Gasteiger partial charge in [0.2, 0.25) is 11.8 Å². The first-order valence-corrected chi connectivity index (χ1v) is 8.03. The molecule has 124 valence electrons. The van der Waals surface area contributed by atoms with Crippen molar-refractivity contribution in [3.63, 3.8) is 0 Å². The SMILES string of the molecule is C=CC(=O)Nc1ccc(CCC(=O)N2CCOC[C@H]2CC)cc1. The molecule has 0 unspecified atom stereocenters. The number of ether oxygens (including phenoxy) is 1. The van der Waals surface area contributed by atoms with Gasteiger partial charge in [-0.15, -0.1) is 0 Å². The van der Waals surface area contributed by atoms with Crippen molar-refractivity contribution in [1.29, 1.82) is 0 Å². The number of carbonyl (C=O) groups excluding carboxylic acids is 2. The highest BCUT2D eigenvalue weighted by Gasteiger charge is 2.25. The van der Waals surface area contributed by atoms with E-state index in [0.717, 1.165) is 17.7 Å². The maximum atomic E-state index is 12.4. The first-order chi connectivity index (χ1) is 11.1. The number of nitrogens with one attached hydrogen (secondary N) is 1. The summed E-state index contributed by atoms with van der Waals surface area (Å²) in [4.78, 5) is 25.6. The molecule has 1 heterocycles. The molecule has 1 fully saturated rings. The Bertz CT molecular complexity index is 554. The predicted molar refractivity (Wildman–Crippen MR) is 90.2 cm³/mol. The molecule has 1 atom stereocenters. The van der Waals surface area contributed by atoms with E-state index in [1.54, 1.807) is 0 Å². The number of amides is 2. The van der Waals surface area contributed by atoms with Gasteiger partial charge in [-0.05, 0) is 36.6 Å². The van der Waals surface area contributed by atoms with Crippen LogP contribution in [0.25, 0.3) is 0 Å². The fourth-order valence-corrected chi connectivity index (χ4v) is 2.66. The van der Waals surface area contributed by atoms with Crippen molar-refractivity contribution >= 4 is 17.5 Å². The van der Waals surface area contributed by atoms with Gasteiger partial charge in [-0.2, -0.15) is 0 Å². The third-order valence-corrected chi connectivity index (χ3v) is 4.05. The smallest absolute Gasteiger partial charge is 0.247 e. The third kappa shape index (κ3) is 4.93. The molecule has 0 radical (unpaired) electrons. The third-order valence-electron chi connectivity index (χ3n) is 4.05. The zero-order chi connectivity index (χ0) is 16.7. The highest BCUT2D eigenvalue weighted by Crippen LogP contribution is 2.15. The molecule has 1 N–H and O–H groups in total. The molecule has 23 heavy (non-hydrogen) atoms. The zero-order valence-electron chi connectivity index (χ0n) is 13.6. The van der Waals surface area contributed by atoms with Crippen molar-refractivity contribution in [3.05, 3.63) is 42.5 Å². The van der Waals surface area contributed by atoms with E-state index < -0.39 is 0 Å². The van der Waals surface area contributed by atoms with Crippen LogP contribution in [0.2, 0.25) is 0 Å². The highest BCUT2D eigenvalue weighted by atomic mass is 16.5. The topological polar surface area (TPSA) is 58.6 Å². The number of carbonyl (C=O) groups is 2. The van der Waals surface area contributed by atoms with Crippen molar-refractivity contribution in [2.75, 3.05) is 25.1 Å². The van der Waals surface area contributed by atoms with Gasteiger partial charge in [-0.1, -0.05) is 25.6 Å². The Kier molecular flexibility index (Phi) is 6.35. The molecule has 1 aliphatic rings. The lowest BCUT2D eigenvalue weighted by atomic mass is 10.1. The summed E-state index contributed by atoms with van der Waals surface area (Å²) in [7, 11) is 0. The molecule has 1 aromatic rings. The second kappa shape index (κ2) is 8.48. The summed E-state index contributed by atoms with van der Waals surface area (Å²) in [6.45, 7) is 7.44. The molecule has 0 aliphatic carbocycles. The van der Waals surface area contributed by atoms with Crippen LogP contribution in [0.4, 0.5) is 5.69 Å². The number of rotatable bonds is 6. The number of hydrogen-bond donors (Lipinski definition) is 1. The number of aryl methyl sites for hydroxylation is 1. The second-order valence-corrected chi connectivity index (χ2v) is 5.61. The summed E-state index contributed by atoms with van der Waals surface area (Å²) in [5.41, 5.74) is 1.81. The fraction of sp³-hybridized carbons (Fsp3) is 0.444. The molecular formula is C18H24N2O3. The lowest BCUT2D eigenvalue weighted by molar-refractivity contribution is -0.139. The van der Waals surface area contributed by atoms with Crippen LogP contribution >= 0.6 is 0 Å². The van der Waals surface area contributed by atoms with Crippen LogP contribution in [-0.2, 0) is 20.7 Å². The highest BCUT2D eigenvalue weighted by molar-refractivity contribution is 5.98. The summed E-state index contributed by atoms with van der Waals surface area (Å²) in [6.07, 6.45) is 3.35. The first-order valence-electron chi connectivity index (χ1n) is 8.03. The van der Waals surface area contributed by atoms with Crippen LogP contribution in [0.3, 0.4) is 0 Å². The van der Waals surface area contributed by atoms with Crippen LogP contribution in [-0.4, -0.2) is 42.5 Å². The molecule has 1 saturated heterocycles. The predicted octanol–water partition coefficient (Wildman–Crippen LogP) is 2.38. The van der Waals surface area contributed by atoms with Crippen molar-refractivity contribution in [2.24, 2.45) is 0 Å². The summed E-state index contributed by atoms with van der Waals surface area (Å²) < 4.78 is 5.43. The molecular weight excluding hydrogens is 292 g/mol. The Morgan fingerprint density at radius 1 is 1.39 bits per heavy atom. The molecule has 0 saturated carbocycles. The lowest BCUT2D eigenvalue weighted by Gasteiger charge is -2.35. The average molecular weight is 316 g/mol. The van der Waals surface area contributed by atoms with Crippen LogP contribution in [0.1, 0.15) is 25.3 Å². The van der Waals surface area contributed by atoms with Gasteiger partial charge >= 0.3 is 0 Å². The van der Waals surface area contributed by atoms with Crippen molar-refractivity contribution < 1.29 is 14.3 Å². The Morgan fingerprint density at radius 3 is 2.78 bits per heavy atom. The summed E-state index contributed by atoms with van der Waals surface area (Å²) in [6, 6.07) is 7.74. The van der Waals surface area contributed by atoms with Gasteiger partial charge < -0.3 is 15.0 Å². The van der Waals surface area contributed by atoms with E-state index in [2.05, 4.69) is 18.8 Å². The van der Waals surface area contributed by atoms with E-state index in [1.165, 1.54) is 6.08 Å². The maximum Gasteiger partial charge on any atom is 0.247 e. The maximum absolute atomic E-state index is 12.4. The van der Waals surface area contributed by atoms with E-state index in [-0.39, 0.29) is 17.9 Å². The van der Waals surface area contributed by atoms with E-state index in [9.17, 15) is 9.59 Å². The quantitative estimate of drug-likeness (QED) is 0.820. The van der Waals surface area contributed by atoms with Gasteiger partial charge in [0.1, 0.15) is 0 Å². The number of morpholine rings is 1. The van der Waals surface area contributed by atoms with Crippen LogP contribution in [0.15, 0.2) is 36.9 Å². The van der Waals surface area contributed by atoms with Crippen molar-refractivity contribution in [1.82, 2.24) is 4.90 Å². The number of nitrogens with zero attached hydrogens (tertiary/aromatic N) is 1.